The molecule has 1 aromatic heterocycles. The highest BCUT2D eigenvalue weighted by atomic mass is 35.5. The first-order valence-electron chi connectivity index (χ1n) is 15.8. The molecule has 1 saturated carbocycles. The van der Waals surface area contributed by atoms with E-state index in [-0.39, 0.29) is 29.3 Å². The molecular weight excluding hydrogens is 563 g/mol. The van der Waals surface area contributed by atoms with E-state index in [0.29, 0.717) is 11.8 Å². The number of alkyl carbamates (subject to hydrolysis) is 1. The van der Waals surface area contributed by atoms with Crippen LogP contribution in [0.5, 0.6) is 0 Å². The fourth-order valence-corrected chi connectivity index (χ4v) is 8.35. The van der Waals surface area contributed by atoms with E-state index in [1.165, 1.54) is 17.4 Å². The van der Waals surface area contributed by atoms with Gasteiger partial charge in [-0.05, 0) is 112 Å². The van der Waals surface area contributed by atoms with Gasteiger partial charge in [-0.2, -0.15) is 0 Å². The molecule has 3 heterocycles. The number of ether oxygens (including phenoxy) is 1. The van der Waals surface area contributed by atoms with Crippen LogP contribution in [0, 0.1) is 30.5 Å². The van der Waals surface area contributed by atoms with Crippen molar-refractivity contribution in [3.63, 3.8) is 0 Å². The van der Waals surface area contributed by atoms with Gasteiger partial charge in [0, 0.05) is 73.1 Å². The van der Waals surface area contributed by atoms with Gasteiger partial charge in [0.1, 0.15) is 11.9 Å². The second kappa shape index (κ2) is 12.9. The maximum absolute atomic E-state index is 15.0. The summed E-state index contributed by atoms with van der Waals surface area (Å²) in [5.41, 5.74) is 3.10. The molecule has 230 valence electrons. The first-order chi connectivity index (χ1) is 20.9. The molecule has 6 nitrogen and oxygen atoms in total. The quantitative estimate of drug-likeness (QED) is 0.288. The number of hydrogen-bond donors (Lipinski definition) is 1. The number of carbonyl (C=O) groups is 1. The van der Waals surface area contributed by atoms with Crippen LogP contribution < -0.4 is 10.2 Å². The van der Waals surface area contributed by atoms with Crippen LogP contribution in [0.2, 0.25) is 5.02 Å². The van der Waals surface area contributed by atoms with E-state index in [1.807, 2.05) is 18.2 Å². The molecule has 43 heavy (non-hydrogen) atoms. The van der Waals surface area contributed by atoms with E-state index in [1.54, 1.807) is 13.1 Å². The third-order valence-electron chi connectivity index (χ3n) is 10.4. The number of rotatable bonds is 9. The molecule has 2 aliphatic heterocycles. The normalized spacial score (nSPS) is 23.1. The van der Waals surface area contributed by atoms with Crippen molar-refractivity contribution in [3.05, 3.63) is 89.0 Å². The average molecular weight is 607 g/mol. The summed E-state index contributed by atoms with van der Waals surface area (Å²) in [6.45, 7) is 8.18. The lowest BCUT2D eigenvalue weighted by molar-refractivity contribution is 0.00175. The predicted molar refractivity (Wildman–Crippen MR) is 170 cm³/mol. The number of benzene rings is 2. The van der Waals surface area contributed by atoms with E-state index >= 15 is 0 Å². The minimum Gasteiger partial charge on any atom is -0.446 e. The van der Waals surface area contributed by atoms with Crippen LogP contribution in [0.3, 0.4) is 0 Å². The van der Waals surface area contributed by atoms with E-state index < -0.39 is 0 Å². The molecule has 3 aliphatic rings. The van der Waals surface area contributed by atoms with Gasteiger partial charge in [0.15, 0.2) is 0 Å². The van der Waals surface area contributed by atoms with Gasteiger partial charge >= 0.3 is 6.09 Å². The van der Waals surface area contributed by atoms with E-state index in [4.69, 9.17) is 16.3 Å². The molecule has 3 aromatic rings. The van der Waals surface area contributed by atoms with Gasteiger partial charge in [-0.25, -0.2) is 9.18 Å². The maximum Gasteiger partial charge on any atom is 0.407 e. The molecule has 3 fully saturated rings. The van der Waals surface area contributed by atoms with Gasteiger partial charge < -0.3 is 24.4 Å². The molecule has 0 spiro atoms. The Hall–Kier alpha value is -3.03. The topological polar surface area (TPSA) is 49.7 Å². The summed E-state index contributed by atoms with van der Waals surface area (Å²) >= 11 is 6.08. The summed E-state index contributed by atoms with van der Waals surface area (Å²) in [5.74, 6) is 0.881. The molecule has 8 heteroatoms. The van der Waals surface area contributed by atoms with Crippen LogP contribution in [0.25, 0.3) is 0 Å². The predicted octanol–water partition coefficient (Wildman–Crippen LogP) is 6.90. The van der Waals surface area contributed by atoms with Crippen molar-refractivity contribution in [1.29, 1.82) is 0 Å². The van der Waals surface area contributed by atoms with Crippen molar-refractivity contribution in [2.75, 3.05) is 44.7 Å². The number of aryl methyl sites for hydroxylation is 1. The Kier molecular flexibility index (Phi) is 9.01. The number of carbonyl (C=O) groups excluding carboxylic acids is 1. The van der Waals surface area contributed by atoms with E-state index in [9.17, 15) is 9.18 Å². The summed E-state index contributed by atoms with van der Waals surface area (Å²) < 4.78 is 23.3. The second-order valence-electron chi connectivity index (χ2n) is 12.9. The Balaban J connectivity index is 1.24. The Morgan fingerprint density at radius 3 is 2.49 bits per heavy atom. The molecule has 1 aliphatic carbocycles. The van der Waals surface area contributed by atoms with E-state index in [0.717, 1.165) is 82.0 Å². The Bertz CT molecular complexity index is 1380. The van der Waals surface area contributed by atoms with Crippen LogP contribution in [-0.4, -0.2) is 61.4 Å². The number of likely N-dealkylation sites (tertiary alicyclic amines) is 1. The molecule has 6 rings (SSSR count). The van der Waals surface area contributed by atoms with Crippen molar-refractivity contribution in [3.8, 4) is 0 Å². The molecule has 0 bridgehead atoms. The van der Waals surface area contributed by atoms with Crippen LogP contribution >= 0.6 is 11.6 Å². The largest absolute Gasteiger partial charge is 0.446 e. The number of aromatic nitrogens is 1. The first-order valence-corrected chi connectivity index (χ1v) is 16.2. The van der Waals surface area contributed by atoms with Crippen molar-refractivity contribution in [2.45, 2.75) is 57.1 Å². The minimum absolute atomic E-state index is 0.101. The molecular formula is C35H44ClFN4O2. The molecule has 1 unspecified atom stereocenters. The molecule has 1 amide bonds. The van der Waals surface area contributed by atoms with Gasteiger partial charge in [0.05, 0.1) is 0 Å². The van der Waals surface area contributed by atoms with Gasteiger partial charge in [-0.15, -0.1) is 0 Å². The highest BCUT2D eigenvalue weighted by Crippen LogP contribution is 2.52. The SMILES string of the molecule is CNC(=O)O[C@H]1CCC[C@@H]1C(Cn1cccc1C)(c1cccc(F)c1)C1CCN(CC2CN(c3ccc(Cl)cc3)C2)CC1. The van der Waals surface area contributed by atoms with Crippen molar-refractivity contribution in [1.82, 2.24) is 14.8 Å². The van der Waals surface area contributed by atoms with Crippen LogP contribution in [-0.2, 0) is 16.7 Å². The number of hydrogen-bond acceptors (Lipinski definition) is 4. The monoisotopic (exact) mass is 606 g/mol. The van der Waals surface area contributed by atoms with Gasteiger partial charge in [-0.1, -0.05) is 23.7 Å². The number of amides is 1. The van der Waals surface area contributed by atoms with Crippen molar-refractivity contribution >= 4 is 23.4 Å². The average Bonchev–Trinajstić information content (AvgIpc) is 3.63. The zero-order valence-electron chi connectivity index (χ0n) is 25.4. The lowest BCUT2D eigenvalue weighted by Gasteiger charge is -2.51. The van der Waals surface area contributed by atoms with Gasteiger partial charge in [-0.3, -0.25) is 0 Å². The molecule has 1 N–H and O–H groups in total. The Morgan fingerprint density at radius 1 is 1.05 bits per heavy atom. The smallest absolute Gasteiger partial charge is 0.407 e. The van der Waals surface area contributed by atoms with Crippen molar-refractivity contribution < 1.29 is 13.9 Å². The summed E-state index contributed by atoms with van der Waals surface area (Å²) in [5, 5.41) is 3.43. The van der Waals surface area contributed by atoms with Crippen LogP contribution in [0.1, 0.15) is 43.4 Å². The van der Waals surface area contributed by atoms with Gasteiger partial charge in [0.2, 0.25) is 0 Å². The Morgan fingerprint density at radius 2 is 1.81 bits per heavy atom. The summed E-state index contributed by atoms with van der Waals surface area (Å²) in [7, 11) is 1.61. The molecule has 2 aromatic carbocycles. The summed E-state index contributed by atoms with van der Waals surface area (Å²) in [6, 6.07) is 19.6. The third kappa shape index (κ3) is 6.30. The number of anilines is 1. The number of nitrogens with zero attached hydrogens (tertiary/aromatic N) is 3. The van der Waals surface area contributed by atoms with Gasteiger partial charge in [0.25, 0.3) is 0 Å². The van der Waals surface area contributed by atoms with Crippen molar-refractivity contribution in [2.24, 2.45) is 17.8 Å². The highest BCUT2D eigenvalue weighted by molar-refractivity contribution is 6.30. The third-order valence-corrected chi connectivity index (χ3v) is 10.7. The zero-order valence-corrected chi connectivity index (χ0v) is 26.1. The molecule has 2 saturated heterocycles. The first kappa shape index (κ1) is 30.0. The van der Waals surface area contributed by atoms with E-state index in [2.05, 4.69) is 63.1 Å². The molecule has 0 radical (unpaired) electrons. The van der Waals surface area contributed by atoms with Crippen LogP contribution in [0.15, 0.2) is 66.9 Å². The summed E-state index contributed by atoms with van der Waals surface area (Å²) in [6.07, 6.45) is 6.42. The standard InChI is InChI=1S/C35H44ClFN4O2/c1-25-6-5-17-40(25)24-35(28-7-3-8-30(37)20-28,32-9-4-10-33(32)43-34(42)38-2)27-15-18-39(19-16-27)21-26-22-41(23-26)31-13-11-29(36)12-14-31/h3,5-8,11-14,17,20,26-27,32-33H,4,9-10,15-16,18-19,21-24H2,1-2H3,(H,38,42)/t32-,33-,35?/m0/s1. The minimum atomic E-state index is -0.384. The lowest BCUT2D eigenvalue weighted by atomic mass is 9.58. The fraction of sp³-hybridized carbons (Fsp3) is 0.514. The lowest BCUT2D eigenvalue weighted by Crippen LogP contribution is -2.55. The second-order valence-corrected chi connectivity index (χ2v) is 13.3. The maximum atomic E-state index is 15.0. The number of nitrogens with one attached hydrogen (secondary N) is 1. The Labute approximate surface area is 260 Å². The fourth-order valence-electron chi connectivity index (χ4n) is 8.22. The number of halogens is 2. The summed E-state index contributed by atoms with van der Waals surface area (Å²) in [4.78, 5) is 17.5. The highest BCUT2D eigenvalue weighted by Gasteiger charge is 2.53. The van der Waals surface area contributed by atoms with Crippen LogP contribution in [0.4, 0.5) is 14.9 Å². The zero-order chi connectivity index (χ0) is 30.0. The number of piperidine rings is 1. The molecule has 3 atom stereocenters.